The molecular weight excluding hydrogens is 276 g/mol. The van der Waals surface area contributed by atoms with Crippen LogP contribution in [0.15, 0.2) is 47.4 Å². The lowest BCUT2D eigenvalue weighted by Gasteiger charge is -2.07. The first-order valence-electron chi connectivity index (χ1n) is 5.96. The van der Waals surface area contributed by atoms with E-state index < -0.39 is 15.7 Å². The Morgan fingerprint density at radius 2 is 1.95 bits per heavy atom. The van der Waals surface area contributed by atoms with Gasteiger partial charge in [0, 0.05) is 17.3 Å². The van der Waals surface area contributed by atoms with Crippen LogP contribution in [0.2, 0.25) is 0 Å². The third-order valence-electron chi connectivity index (χ3n) is 2.89. The maximum atomic E-state index is 12.3. The van der Waals surface area contributed by atoms with E-state index in [-0.39, 0.29) is 11.4 Å². The highest BCUT2D eigenvalue weighted by atomic mass is 32.2. The molecule has 0 aromatic heterocycles. The molecule has 0 fully saturated rings. The Morgan fingerprint density at radius 1 is 1.25 bits per heavy atom. The van der Waals surface area contributed by atoms with Gasteiger partial charge in [0.15, 0.2) is 0 Å². The normalized spacial score (nSPS) is 12.1. The number of hydrogen-bond acceptors (Lipinski definition) is 4. The molecule has 0 saturated carbocycles. The van der Waals surface area contributed by atoms with Crippen molar-refractivity contribution >= 4 is 22.2 Å². The molecule has 6 heteroatoms. The summed E-state index contributed by atoms with van der Waals surface area (Å²) < 4.78 is 12.3. The van der Waals surface area contributed by atoms with Gasteiger partial charge in [0.05, 0.1) is 26.4 Å². The molecule has 0 bridgehead atoms. The van der Waals surface area contributed by atoms with Gasteiger partial charge >= 0.3 is 0 Å². The van der Waals surface area contributed by atoms with Crippen LogP contribution in [0.1, 0.15) is 11.1 Å². The fraction of sp³-hybridized carbons (Fsp3) is 0.143. The highest BCUT2D eigenvalue weighted by molar-refractivity contribution is 7.84. The molecule has 1 unspecified atom stereocenters. The Balaban J connectivity index is 2.30. The third-order valence-corrected chi connectivity index (χ3v) is 4.32. The second-order valence-corrected chi connectivity index (χ2v) is 5.84. The van der Waals surface area contributed by atoms with Crippen molar-refractivity contribution in [2.75, 3.05) is 5.73 Å². The number of nitro benzene ring substituents is 1. The minimum absolute atomic E-state index is 0.0217. The Kier molecular flexibility index (Phi) is 4.14. The van der Waals surface area contributed by atoms with Crippen molar-refractivity contribution in [3.05, 3.63) is 63.7 Å². The molecule has 0 aliphatic heterocycles. The van der Waals surface area contributed by atoms with E-state index in [1.807, 2.05) is 13.0 Å². The summed E-state index contributed by atoms with van der Waals surface area (Å²) in [6.07, 6.45) is 0. The predicted octanol–water partition coefficient (Wildman–Crippen LogP) is 2.79. The van der Waals surface area contributed by atoms with Crippen LogP contribution < -0.4 is 5.73 Å². The first kappa shape index (κ1) is 14.2. The van der Waals surface area contributed by atoms with Gasteiger partial charge in [-0.1, -0.05) is 24.3 Å². The summed E-state index contributed by atoms with van der Waals surface area (Å²) in [7, 11) is -1.41. The standard InChI is InChI=1S/C14H14N2O3S/c1-10-6-7-14(12(15)8-10)20(19)9-11-4-2-3-5-13(11)16(17)18/h2-8H,9,15H2,1H3. The molecule has 1 atom stereocenters. The van der Waals surface area contributed by atoms with Gasteiger partial charge in [-0.3, -0.25) is 14.3 Å². The molecule has 0 saturated heterocycles. The van der Waals surface area contributed by atoms with Crippen LogP contribution in [0.3, 0.4) is 0 Å². The number of benzene rings is 2. The predicted molar refractivity (Wildman–Crippen MR) is 78.8 cm³/mol. The fourth-order valence-electron chi connectivity index (χ4n) is 1.91. The van der Waals surface area contributed by atoms with E-state index in [2.05, 4.69) is 0 Å². The molecule has 5 nitrogen and oxygen atoms in total. The monoisotopic (exact) mass is 290 g/mol. The van der Waals surface area contributed by atoms with Gasteiger partial charge in [0.2, 0.25) is 0 Å². The Hall–Kier alpha value is -2.21. The van der Waals surface area contributed by atoms with Gasteiger partial charge in [-0.25, -0.2) is 0 Å². The van der Waals surface area contributed by atoms with Gasteiger partial charge in [0.25, 0.3) is 5.69 Å². The Bertz CT molecular complexity index is 686. The summed E-state index contributed by atoms with van der Waals surface area (Å²) >= 11 is 0. The number of nitro groups is 1. The van der Waals surface area contributed by atoms with E-state index in [4.69, 9.17) is 5.73 Å². The summed E-state index contributed by atoms with van der Waals surface area (Å²) in [5.41, 5.74) is 7.69. The molecule has 0 aliphatic rings. The Morgan fingerprint density at radius 3 is 2.60 bits per heavy atom. The maximum Gasteiger partial charge on any atom is 0.273 e. The number of nitrogens with two attached hydrogens (primary N) is 1. The van der Waals surface area contributed by atoms with E-state index in [1.54, 1.807) is 30.3 Å². The zero-order chi connectivity index (χ0) is 14.7. The highest BCUT2D eigenvalue weighted by Gasteiger charge is 2.16. The van der Waals surface area contributed by atoms with Gasteiger partial charge in [-0.05, 0) is 24.6 Å². The van der Waals surface area contributed by atoms with E-state index >= 15 is 0 Å². The summed E-state index contributed by atoms with van der Waals surface area (Å²) in [5.74, 6) is 0.0738. The van der Waals surface area contributed by atoms with Crippen molar-refractivity contribution in [1.29, 1.82) is 0 Å². The molecule has 0 amide bonds. The molecular formula is C14H14N2O3S. The largest absolute Gasteiger partial charge is 0.398 e. The van der Waals surface area contributed by atoms with Crippen molar-refractivity contribution in [2.24, 2.45) is 0 Å². The van der Waals surface area contributed by atoms with Crippen LogP contribution in [0.25, 0.3) is 0 Å². The van der Waals surface area contributed by atoms with Crippen LogP contribution in [-0.4, -0.2) is 9.13 Å². The van der Waals surface area contributed by atoms with Gasteiger partial charge in [-0.15, -0.1) is 0 Å². The molecule has 0 radical (unpaired) electrons. The lowest BCUT2D eigenvalue weighted by atomic mass is 10.2. The average Bonchev–Trinajstić information content (AvgIpc) is 2.38. The molecule has 20 heavy (non-hydrogen) atoms. The van der Waals surface area contributed by atoms with Gasteiger partial charge < -0.3 is 5.73 Å². The van der Waals surface area contributed by atoms with Crippen molar-refractivity contribution in [1.82, 2.24) is 0 Å². The highest BCUT2D eigenvalue weighted by Crippen LogP contribution is 2.24. The molecule has 2 N–H and O–H groups in total. The Labute approximate surface area is 119 Å². The van der Waals surface area contributed by atoms with Crippen LogP contribution in [-0.2, 0) is 16.6 Å². The van der Waals surface area contributed by atoms with Crippen LogP contribution in [0, 0.1) is 17.0 Å². The molecule has 104 valence electrons. The molecule has 0 heterocycles. The van der Waals surface area contributed by atoms with Gasteiger partial charge in [-0.2, -0.15) is 0 Å². The SMILES string of the molecule is Cc1ccc(S(=O)Cc2ccccc2[N+](=O)[O-])c(N)c1. The van der Waals surface area contributed by atoms with E-state index in [0.29, 0.717) is 16.1 Å². The second-order valence-electron chi connectivity index (χ2n) is 4.42. The average molecular weight is 290 g/mol. The minimum Gasteiger partial charge on any atom is -0.398 e. The van der Waals surface area contributed by atoms with Crippen LogP contribution in [0.5, 0.6) is 0 Å². The number of anilines is 1. The molecule has 2 rings (SSSR count). The third kappa shape index (κ3) is 3.03. The smallest absolute Gasteiger partial charge is 0.273 e. The lowest BCUT2D eigenvalue weighted by molar-refractivity contribution is -0.385. The minimum atomic E-state index is -1.41. The molecule has 0 spiro atoms. The second kappa shape index (κ2) is 5.83. The van der Waals surface area contributed by atoms with Crippen molar-refractivity contribution in [3.63, 3.8) is 0 Å². The number of hydrogen-bond donors (Lipinski definition) is 1. The molecule has 0 aliphatic carbocycles. The molecule has 2 aromatic carbocycles. The number of aryl methyl sites for hydroxylation is 1. The number of nitrogen functional groups attached to an aromatic ring is 1. The van der Waals surface area contributed by atoms with Gasteiger partial charge in [0.1, 0.15) is 0 Å². The molecule has 2 aromatic rings. The lowest BCUT2D eigenvalue weighted by Crippen LogP contribution is -2.03. The summed E-state index contributed by atoms with van der Waals surface area (Å²) in [4.78, 5) is 11.0. The zero-order valence-electron chi connectivity index (χ0n) is 10.9. The van der Waals surface area contributed by atoms with Crippen molar-refractivity contribution in [2.45, 2.75) is 17.6 Å². The summed E-state index contributed by atoms with van der Waals surface area (Å²) in [6, 6.07) is 11.6. The first-order chi connectivity index (χ1) is 9.49. The maximum absolute atomic E-state index is 12.3. The zero-order valence-corrected chi connectivity index (χ0v) is 11.7. The van der Waals surface area contributed by atoms with Crippen molar-refractivity contribution < 1.29 is 9.13 Å². The van der Waals surface area contributed by atoms with Crippen molar-refractivity contribution in [3.8, 4) is 0 Å². The van der Waals surface area contributed by atoms with E-state index in [0.717, 1.165) is 5.56 Å². The number of nitrogens with zero attached hydrogens (tertiary/aromatic N) is 1. The number of rotatable bonds is 4. The number of para-hydroxylation sites is 1. The summed E-state index contributed by atoms with van der Waals surface area (Å²) in [5, 5.41) is 10.9. The first-order valence-corrected chi connectivity index (χ1v) is 7.27. The van der Waals surface area contributed by atoms with E-state index in [9.17, 15) is 14.3 Å². The quantitative estimate of drug-likeness (QED) is 0.533. The fourth-order valence-corrected chi connectivity index (χ4v) is 3.13. The topological polar surface area (TPSA) is 86.2 Å². The van der Waals surface area contributed by atoms with Crippen LogP contribution in [0.4, 0.5) is 11.4 Å². The van der Waals surface area contributed by atoms with E-state index in [1.165, 1.54) is 6.07 Å². The summed E-state index contributed by atoms with van der Waals surface area (Å²) in [6.45, 7) is 1.89. The van der Waals surface area contributed by atoms with Crippen LogP contribution >= 0.6 is 0 Å².